The molecule has 0 saturated carbocycles. The summed E-state index contributed by atoms with van der Waals surface area (Å²) in [5.41, 5.74) is 2.47. The molecule has 94 valence electrons. The first-order chi connectivity index (χ1) is 9.28. The van der Waals surface area contributed by atoms with E-state index in [1.54, 1.807) is 0 Å². The maximum absolute atomic E-state index is 4.05. The first-order valence-corrected chi connectivity index (χ1v) is 6.54. The largest absolute Gasteiger partial charge is 0.265 e. The second-order valence-electron chi connectivity index (χ2n) is 5.08. The summed E-state index contributed by atoms with van der Waals surface area (Å²) >= 11 is 0. The molecule has 0 amide bonds. The van der Waals surface area contributed by atoms with Crippen molar-refractivity contribution in [3.8, 4) is 11.1 Å². The van der Waals surface area contributed by atoms with Gasteiger partial charge in [0.05, 0.1) is 0 Å². The highest BCUT2D eigenvalue weighted by atomic mass is 15.0. The van der Waals surface area contributed by atoms with Crippen molar-refractivity contribution in [3.63, 3.8) is 0 Å². The fraction of sp³-hybridized carbons (Fsp3) is 0.176. The summed E-state index contributed by atoms with van der Waals surface area (Å²) in [6, 6.07) is 8.38. The summed E-state index contributed by atoms with van der Waals surface area (Å²) in [6.45, 7) is 2.25. The van der Waals surface area contributed by atoms with E-state index in [2.05, 4.69) is 65.3 Å². The Morgan fingerprint density at radius 1 is 1.00 bits per heavy atom. The summed E-state index contributed by atoms with van der Waals surface area (Å²) in [5, 5.41) is 0. The Balaban J connectivity index is 1.91. The lowest BCUT2D eigenvalue weighted by Crippen LogP contribution is -2.52. The van der Waals surface area contributed by atoms with Crippen LogP contribution in [0.25, 0.3) is 11.1 Å². The van der Waals surface area contributed by atoms with Gasteiger partial charge in [-0.2, -0.15) is 4.57 Å². The molecule has 2 aromatic rings. The van der Waals surface area contributed by atoms with Crippen LogP contribution in [-0.2, 0) is 5.54 Å². The van der Waals surface area contributed by atoms with Gasteiger partial charge >= 0.3 is 0 Å². The molecule has 2 aromatic heterocycles. The molecule has 0 spiro atoms. The van der Waals surface area contributed by atoms with Crippen molar-refractivity contribution >= 4 is 0 Å². The van der Waals surface area contributed by atoms with E-state index in [-0.39, 0.29) is 5.54 Å². The molecule has 0 bridgehead atoms. The molecular weight excluding hydrogens is 232 g/mol. The zero-order chi connectivity index (χ0) is 13.1. The Kier molecular flexibility index (Phi) is 3.00. The molecule has 2 heterocycles. The third-order valence-corrected chi connectivity index (χ3v) is 3.67. The molecule has 0 saturated heterocycles. The van der Waals surface area contributed by atoms with E-state index in [9.17, 15) is 0 Å². The van der Waals surface area contributed by atoms with E-state index >= 15 is 0 Å². The van der Waals surface area contributed by atoms with E-state index in [1.165, 1.54) is 11.1 Å². The van der Waals surface area contributed by atoms with Crippen molar-refractivity contribution in [1.29, 1.82) is 0 Å². The molecule has 0 aromatic carbocycles. The smallest absolute Gasteiger partial charge is 0.187 e. The molecule has 0 radical (unpaired) electrons. The number of aromatic nitrogens is 2. The Labute approximate surface area is 113 Å². The predicted octanol–water partition coefficient (Wildman–Crippen LogP) is 3.27. The number of pyridine rings is 2. The zero-order valence-electron chi connectivity index (χ0n) is 11.0. The highest BCUT2D eigenvalue weighted by molar-refractivity contribution is 5.61. The summed E-state index contributed by atoms with van der Waals surface area (Å²) in [7, 11) is 0. The first kappa shape index (κ1) is 11.8. The van der Waals surface area contributed by atoms with Crippen LogP contribution in [0.5, 0.6) is 0 Å². The summed E-state index contributed by atoms with van der Waals surface area (Å²) in [6.07, 6.45) is 17.7. The number of allylic oxidation sites excluding steroid dienone is 4. The van der Waals surface area contributed by atoms with Crippen molar-refractivity contribution in [1.82, 2.24) is 4.98 Å². The summed E-state index contributed by atoms with van der Waals surface area (Å²) in [4.78, 5) is 4.05. The van der Waals surface area contributed by atoms with Crippen LogP contribution in [0.2, 0.25) is 0 Å². The Morgan fingerprint density at radius 2 is 1.68 bits per heavy atom. The summed E-state index contributed by atoms with van der Waals surface area (Å²) < 4.78 is 2.26. The molecule has 2 heteroatoms. The van der Waals surface area contributed by atoms with Gasteiger partial charge < -0.3 is 0 Å². The zero-order valence-corrected chi connectivity index (χ0v) is 11.0. The van der Waals surface area contributed by atoms with Crippen LogP contribution >= 0.6 is 0 Å². The molecule has 1 unspecified atom stereocenters. The number of hydrogen-bond donors (Lipinski definition) is 0. The molecular formula is C17H17N2+. The Morgan fingerprint density at radius 3 is 2.32 bits per heavy atom. The van der Waals surface area contributed by atoms with Crippen molar-refractivity contribution in [3.05, 3.63) is 73.4 Å². The van der Waals surface area contributed by atoms with Crippen molar-refractivity contribution < 1.29 is 4.57 Å². The third kappa shape index (κ3) is 2.34. The van der Waals surface area contributed by atoms with Gasteiger partial charge in [-0.3, -0.25) is 4.98 Å². The van der Waals surface area contributed by atoms with Gasteiger partial charge in [0, 0.05) is 37.9 Å². The van der Waals surface area contributed by atoms with Gasteiger partial charge in [0.1, 0.15) is 0 Å². The minimum atomic E-state index is 0.0471. The molecule has 1 atom stereocenters. The van der Waals surface area contributed by atoms with Crippen LogP contribution in [0.4, 0.5) is 0 Å². The monoisotopic (exact) mass is 249 g/mol. The number of hydrogen-bond acceptors (Lipinski definition) is 1. The fourth-order valence-electron chi connectivity index (χ4n) is 2.41. The van der Waals surface area contributed by atoms with Crippen LogP contribution in [-0.4, -0.2) is 4.98 Å². The van der Waals surface area contributed by atoms with Crippen LogP contribution in [0.15, 0.2) is 73.4 Å². The Bertz CT molecular complexity index is 611. The average Bonchev–Trinajstić information content (AvgIpc) is 2.49. The van der Waals surface area contributed by atoms with E-state index in [0.717, 1.165) is 6.42 Å². The van der Waals surface area contributed by atoms with Crippen molar-refractivity contribution in [2.45, 2.75) is 18.9 Å². The van der Waals surface area contributed by atoms with E-state index in [1.807, 2.05) is 24.5 Å². The molecule has 0 N–H and O–H groups in total. The van der Waals surface area contributed by atoms with Crippen LogP contribution in [0, 0.1) is 0 Å². The lowest BCUT2D eigenvalue weighted by atomic mass is 9.93. The van der Waals surface area contributed by atoms with Gasteiger partial charge in [-0.25, -0.2) is 0 Å². The minimum Gasteiger partial charge on any atom is -0.265 e. The second-order valence-corrected chi connectivity index (χ2v) is 5.08. The molecule has 0 fully saturated rings. The van der Waals surface area contributed by atoms with Gasteiger partial charge in [0.2, 0.25) is 0 Å². The van der Waals surface area contributed by atoms with Crippen LogP contribution < -0.4 is 4.57 Å². The number of rotatable bonds is 2. The molecule has 0 aliphatic heterocycles. The van der Waals surface area contributed by atoms with E-state index < -0.39 is 0 Å². The summed E-state index contributed by atoms with van der Waals surface area (Å²) in [5.74, 6) is 0. The second kappa shape index (κ2) is 4.81. The van der Waals surface area contributed by atoms with Gasteiger partial charge in [0.15, 0.2) is 17.9 Å². The van der Waals surface area contributed by atoms with Gasteiger partial charge in [-0.05, 0) is 29.3 Å². The van der Waals surface area contributed by atoms with Gasteiger partial charge in [0.25, 0.3) is 0 Å². The van der Waals surface area contributed by atoms with Gasteiger partial charge in [-0.1, -0.05) is 18.2 Å². The Hall–Kier alpha value is -2.22. The van der Waals surface area contributed by atoms with E-state index in [4.69, 9.17) is 0 Å². The maximum Gasteiger partial charge on any atom is 0.187 e. The fourth-order valence-corrected chi connectivity index (χ4v) is 2.41. The quantitative estimate of drug-likeness (QED) is 0.746. The predicted molar refractivity (Wildman–Crippen MR) is 76.4 cm³/mol. The average molecular weight is 249 g/mol. The molecule has 2 nitrogen and oxygen atoms in total. The molecule has 1 aliphatic carbocycles. The molecule has 3 rings (SSSR count). The lowest BCUT2D eigenvalue weighted by Gasteiger charge is -2.20. The van der Waals surface area contributed by atoms with E-state index in [0.29, 0.717) is 0 Å². The standard InChI is InChI=1S/C17H17N2/c1-17(9-3-2-4-10-17)19-13-7-16(8-14-19)15-5-11-18-12-6-15/h2-9,11-14H,10H2,1H3/q+1. The van der Waals surface area contributed by atoms with Crippen molar-refractivity contribution in [2.24, 2.45) is 0 Å². The van der Waals surface area contributed by atoms with Crippen molar-refractivity contribution in [2.75, 3.05) is 0 Å². The first-order valence-electron chi connectivity index (χ1n) is 6.54. The lowest BCUT2D eigenvalue weighted by molar-refractivity contribution is -0.748. The van der Waals surface area contributed by atoms with Crippen LogP contribution in [0.1, 0.15) is 13.3 Å². The third-order valence-electron chi connectivity index (χ3n) is 3.67. The highest BCUT2D eigenvalue weighted by Gasteiger charge is 2.30. The topological polar surface area (TPSA) is 16.8 Å². The van der Waals surface area contributed by atoms with Crippen LogP contribution in [0.3, 0.4) is 0 Å². The van der Waals surface area contributed by atoms with Gasteiger partial charge in [-0.15, -0.1) is 0 Å². The molecule has 19 heavy (non-hydrogen) atoms. The minimum absolute atomic E-state index is 0.0471. The highest BCUT2D eigenvalue weighted by Crippen LogP contribution is 2.21. The normalized spacial score (nSPS) is 21.5. The maximum atomic E-state index is 4.05. The molecule has 1 aliphatic rings. The SMILES string of the molecule is CC1([n+]2ccc(-c3ccncc3)cc2)C=CC=CC1. The number of nitrogens with zero attached hydrogens (tertiary/aromatic N) is 2.